The van der Waals surface area contributed by atoms with E-state index >= 15 is 0 Å². The summed E-state index contributed by atoms with van der Waals surface area (Å²) in [5.41, 5.74) is 1.80. The maximum atomic E-state index is 11.3. The molecule has 0 unspecified atom stereocenters. The molecule has 0 fully saturated rings. The number of rotatable bonds is 4. The van der Waals surface area contributed by atoms with Gasteiger partial charge in [-0.05, 0) is 18.2 Å². The molecule has 1 heterocycles. The minimum atomic E-state index is -1.08. The number of imidazole rings is 1. The summed E-state index contributed by atoms with van der Waals surface area (Å²) in [5, 5.41) is 13.3. The number of nitrogens with zero attached hydrogens (tertiary/aromatic N) is 2. The molecular formula is C16H13Cl2N3O3. The van der Waals surface area contributed by atoms with Crippen molar-refractivity contribution in [1.82, 2.24) is 9.55 Å². The van der Waals surface area contributed by atoms with Crippen molar-refractivity contribution in [2.24, 2.45) is 7.05 Å². The fraction of sp³-hybridized carbons (Fsp3) is 0.125. The van der Waals surface area contributed by atoms with Crippen LogP contribution >= 0.6 is 23.2 Å². The van der Waals surface area contributed by atoms with Gasteiger partial charge in [0.2, 0.25) is 5.95 Å². The number of carbonyl (C=O) groups is 1. The third-order valence-electron chi connectivity index (χ3n) is 3.63. The first kappa shape index (κ1) is 16.4. The number of hydrogen-bond donors (Lipinski definition) is 2. The largest absolute Gasteiger partial charge is 0.496 e. The van der Waals surface area contributed by atoms with Gasteiger partial charge in [-0.25, -0.2) is 9.78 Å². The standard InChI is InChI=1S/C16H13Cl2N3O3/c1-21-12-7-13(24-2)8(15(22)23)6-11(12)19-16(21)20-14-9(17)4-3-5-10(14)18/h3-7H,1-2H3,(H,19,20)(H,22,23). The summed E-state index contributed by atoms with van der Waals surface area (Å²) in [7, 11) is 3.22. The lowest BCUT2D eigenvalue weighted by atomic mass is 10.2. The minimum absolute atomic E-state index is 0.0467. The number of anilines is 2. The normalized spacial score (nSPS) is 10.8. The molecule has 0 atom stereocenters. The number of para-hydroxylation sites is 1. The van der Waals surface area contributed by atoms with E-state index in [9.17, 15) is 9.90 Å². The molecular weight excluding hydrogens is 353 g/mol. The van der Waals surface area contributed by atoms with Crippen LogP contribution in [0.15, 0.2) is 30.3 Å². The molecule has 6 nitrogen and oxygen atoms in total. The Kier molecular flexibility index (Phi) is 4.26. The number of aryl methyl sites for hydroxylation is 1. The Morgan fingerprint density at radius 3 is 2.54 bits per heavy atom. The van der Waals surface area contributed by atoms with Crippen molar-refractivity contribution in [2.45, 2.75) is 0 Å². The summed E-state index contributed by atoms with van der Waals surface area (Å²) >= 11 is 12.3. The molecule has 0 radical (unpaired) electrons. The van der Waals surface area contributed by atoms with Gasteiger partial charge in [0.15, 0.2) is 0 Å². The van der Waals surface area contributed by atoms with Crippen LogP contribution in [0.2, 0.25) is 10.0 Å². The van der Waals surface area contributed by atoms with E-state index in [2.05, 4.69) is 10.3 Å². The second-order valence-corrected chi connectivity index (χ2v) is 5.88. The van der Waals surface area contributed by atoms with Crippen LogP contribution in [0, 0.1) is 0 Å². The number of aromatic nitrogens is 2. The van der Waals surface area contributed by atoms with Gasteiger partial charge >= 0.3 is 5.97 Å². The zero-order chi connectivity index (χ0) is 17.4. The molecule has 24 heavy (non-hydrogen) atoms. The summed E-state index contributed by atoms with van der Waals surface area (Å²) in [6.45, 7) is 0. The highest BCUT2D eigenvalue weighted by molar-refractivity contribution is 6.39. The van der Waals surface area contributed by atoms with E-state index in [0.717, 1.165) is 0 Å². The number of carboxylic acid groups (broad SMARTS) is 1. The van der Waals surface area contributed by atoms with Gasteiger partial charge in [-0.15, -0.1) is 0 Å². The van der Waals surface area contributed by atoms with Crippen LogP contribution < -0.4 is 10.1 Å². The van der Waals surface area contributed by atoms with Gasteiger partial charge in [-0.1, -0.05) is 29.3 Å². The number of nitrogens with one attached hydrogen (secondary N) is 1. The minimum Gasteiger partial charge on any atom is -0.496 e. The van der Waals surface area contributed by atoms with Gasteiger partial charge in [0.25, 0.3) is 0 Å². The van der Waals surface area contributed by atoms with E-state index in [1.54, 1.807) is 35.9 Å². The van der Waals surface area contributed by atoms with E-state index in [4.69, 9.17) is 27.9 Å². The fourth-order valence-corrected chi connectivity index (χ4v) is 2.89. The second kappa shape index (κ2) is 6.22. The molecule has 0 aliphatic carbocycles. The number of hydrogen-bond acceptors (Lipinski definition) is 4. The quantitative estimate of drug-likeness (QED) is 0.719. The monoisotopic (exact) mass is 365 g/mol. The lowest BCUT2D eigenvalue weighted by Crippen LogP contribution is -2.01. The third kappa shape index (κ3) is 2.74. The molecule has 8 heteroatoms. The van der Waals surface area contributed by atoms with Crippen LogP contribution in [0.4, 0.5) is 11.6 Å². The van der Waals surface area contributed by atoms with Crippen molar-refractivity contribution < 1.29 is 14.6 Å². The van der Waals surface area contributed by atoms with E-state index in [1.807, 2.05) is 0 Å². The number of ether oxygens (including phenoxy) is 1. The second-order valence-electron chi connectivity index (χ2n) is 5.06. The molecule has 2 N–H and O–H groups in total. The molecule has 0 amide bonds. The van der Waals surface area contributed by atoms with E-state index in [1.165, 1.54) is 13.2 Å². The lowest BCUT2D eigenvalue weighted by molar-refractivity contribution is 0.0693. The van der Waals surface area contributed by atoms with Gasteiger partial charge in [-0.3, -0.25) is 0 Å². The van der Waals surface area contributed by atoms with Crippen LogP contribution in [-0.2, 0) is 7.05 Å². The molecule has 0 bridgehead atoms. The number of carboxylic acids is 1. The average Bonchev–Trinajstić information content (AvgIpc) is 2.85. The topological polar surface area (TPSA) is 76.4 Å². The van der Waals surface area contributed by atoms with E-state index < -0.39 is 5.97 Å². The molecule has 0 spiro atoms. The zero-order valence-corrected chi connectivity index (χ0v) is 14.3. The number of fused-ring (bicyclic) bond motifs is 1. The van der Waals surface area contributed by atoms with Crippen molar-refractivity contribution >= 4 is 51.8 Å². The summed E-state index contributed by atoms with van der Waals surface area (Å²) in [6.07, 6.45) is 0. The zero-order valence-electron chi connectivity index (χ0n) is 12.8. The SMILES string of the molecule is COc1cc2c(cc1C(=O)O)nc(Nc1c(Cl)cccc1Cl)n2C. The Morgan fingerprint density at radius 1 is 1.29 bits per heavy atom. The van der Waals surface area contributed by atoms with Crippen molar-refractivity contribution in [2.75, 3.05) is 12.4 Å². The Morgan fingerprint density at radius 2 is 1.96 bits per heavy atom. The van der Waals surface area contributed by atoms with Gasteiger partial charge in [0, 0.05) is 13.1 Å². The smallest absolute Gasteiger partial charge is 0.339 e. The summed E-state index contributed by atoms with van der Waals surface area (Å²) < 4.78 is 6.92. The molecule has 3 aromatic rings. The lowest BCUT2D eigenvalue weighted by Gasteiger charge is -2.10. The number of aromatic carboxylic acids is 1. The van der Waals surface area contributed by atoms with Crippen LogP contribution in [0.1, 0.15) is 10.4 Å². The maximum absolute atomic E-state index is 11.3. The van der Waals surface area contributed by atoms with Crippen molar-refractivity contribution in [3.63, 3.8) is 0 Å². The Balaban J connectivity index is 2.13. The molecule has 0 aliphatic heterocycles. The first-order chi connectivity index (χ1) is 11.4. The highest BCUT2D eigenvalue weighted by Crippen LogP contribution is 2.34. The molecule has 2 aromatic carbocycles. The average molecular weight is 366 g/mol. The fourth-order valence-electron chi connectivity index (χ4n) is 2.40. The van der Waals surface area contributed by atoms with Crippen LogP contribution in [0.25, 0.3) is 11.0 Å². The molecule has 0 saturated carbocycles. The van der Waals surface area contributed by atoms with Gasteiger partial charge in [0.05, 0.1) is 33.9 Å². The summed E-state index contributed by atoms with van der Waals surface area (Å²) in [5.74, 6) is -0.340. The molecule has 0 saturated heterocycles. The van der Waals surface area contributed by atoms with E-state index in [-0.39, 0.29) is 11.3 Å². The third-order valence-corrected chi connectivity index (χ3v) is 4.26. The van der Waals surface area contributed by atoms with E-state index in [0.29, 0.717) is 32.7 Å². The maximum Gasteiger partial charge on any atom is 0.339 e. The van der Waals surface area contributed by atoms with Crippen LogP contribution in [-0.4, -0.2) is 27.7 Å². The Labute approximate surface area is 147 Å². The van der Waals surface area contributed by atoms with Crippen molar-refractivity contribution in [1.29, 1.82) is 0 Å². The predicted octanol–water partition coefficient (Wildman–Crippen LogP) is 4.33. The Bertz CT molecular complexity index is 933. The van der Waals surface area contributed by atoms with Gasteiger partial charge < -0.3 is 19.7 Å². The van der Waals surface area contributed by atoms with Crippen molar-refractivity contribution in [3.05, 3.63) is 45.9 Å². The predicted molar refractivity (Wildman–Crippen MR) is 94.0 cm³/mol. The highest BCUT2D eigenvalue weighted by atomic mass is 35.5. The number of benzene rings is 2. The highest BCUT2D eigenvalue weighted by Gasteiger charge is 2.17. The molecule has 1 aromatic heterocycles. The summed E-state index contributed by atoms with van der Waals surface area (Å²) in [4.78, 5) is 15.8. The number of halogens is 2. The number of methoxy groups -OCH3 is 1. The van der Waals surface area contributed by atoms with Crippen LogP contribution in [0.5, 0.6) is 5.75 Å². The molecule has 3 rings (SSSR count). The first-order valence-electron chi connectivity index (χ1n) is 6.91. The summed E-state index contributed by atoms with van der Waals surface area (Å²) in [6, 6.07) is 8.27. The van der Waals surface area contributed by atoms with Gasteiger partial charge in [0.1, 0.15) is 11.3 Å². The van der Waals surface area contributed by atoms with Crippen molar-refractivity contribution in [3.8, 4) is 5.75 Å². The van der Waals surface area contributed by atoms with Gasteiger partial charge in [-0.2, -0.15) is 0 Å². The Hall–Kier alpha value is -2.44. The van der Waals surface area contributed by atoms with Crippen LogP contribution in [0.3, 0.4) is 0 Å². The molecule has 0 aliphatic rings. The first-order valence-corrected chi connectivity index (χ1v) is 7.66. The molecule has 124 valence electrons.